The topological polar surface area (TPSA) is 91.7 Å². The summed E-state index contributed by atoms with van der Waals surface area (Å²) in [7, 11) is 0. The molecule has 350 valence electrons. The third-order valence-electron chi connectivity index (χ3n) is 12.2. The summed E-state index contributed by atoms with van der Waals surface area (Å²) in [4.78, 5) is 34.5. The number of hydrogen-bond donors (Lipinski definition) is 2. The first kappa shape index (κ1) is 59.4. The first-order chi connectivity index (χ1) is 28.9. The zero-order valence-corrected chi connectivity index (χ0v) is 40.2. The SMILES string of the molecule is CCCCCCCC/C=C\CCCCCCCC(=O)C(CCCCCCCCCCCCCCCC)C(=O)O.CCCCCCCCCCCCCCCCCC(=O)O. The van der Waals surface area contributed by atoms with Gasteiger partial charge in [-0.15, -0.1) is 0 Å². The van der Waals surface area contributed by atoms with E-state index < -0.39 is 17.9 Å². The number of carboxylic acids is 2. The molecule has 5 nitrogen and oxygen atoms in total. The van der Waals surface area contributed by atoms with Crippen molar-refractivity contribution in [2.45, 2.75) is 310 Å². The molecule has 0 heterocycles. The van der Waals surface area contributed by atoms with Crippen LogP contribution < -0.4 is 0 Å². The number of carboxylic acid groups (broad SMARTS) is 2. The minimum atomic E-state index is -0.914. The lowest BCUT2D eigenvalue weighted by Crippen LogP contribution is -2.23. The fourth-order valence-electron chi connectivity index (χ4n) is 8.16. The molecule has 0 aromatic rings. The highest BCUT2D eigenvalue weighted by atomic mass is 16.4. The normalized spacial score (nSPS) is 11.8. The lowest BCUT2D eigenvalue weighted by molar-refractivity contribution is -0.146. The van der Waals surface area contributed by atoms with E-state index in [1.165, 1.54) is 218 Å². The Labute approximate surface area is 368 Å². The fraction of sp³-hybridized carbons (Fsp3) is 0.907. The molecule has 5 heteroatoms. The van der Waals surface area contributed by atoms with E-state index in [4.69, 9.17) is 5.11 Å². The number of aliphatic carboxylic acids is 2. The third kappa shape index (κ3) is 52.4. The van der Waals surface area contributed by atoms with Crippen LogP contribution in [0.25, 0.3) is 0 Å². The van der Waals surface area contributed by atoms with E-state index in [9.17, 15) is 19.5 Å². The molecule has 0 aromatic heterocycles. The van der Waals surface area contributed by atoms with Gasteiger partial charge < -0.3 is 10.2 Å². The second kappa shape index (κ2) is 52.5. The van der Waals surface area contributed by atoms with Gasteiger partial charge in [-0.05, 0) is 44.9 Å². The maximum Gasteiger partial charge on any atom is 0.314 e. The fourth-order valence-corrected chi connectivity index (χ4v) is 8.16. The van der Waals surface area contributed by atoms with Crippen molar-refractivity contribution in [3.05, 3.63) is 12.2 Å². The lowest BCUT2D eigenvalue weighted by atomic mass is 9.93. The maximum atomic E-state index is 12.5. The summed E-state index contributed by atoms with van der Waals surface area (Å²) in [5.74, 6) is -2.39. The van der Waals surface area contributed by atoms with Gasteiger partial charge in [0.1, 0.15) is 11.7 Å². The molecule has 2 N–H and O–H groups in total. The molecule has 0 rings (SSSR count). The molecule has 0 fully saturated rings. The number of carbonyl (C=O) groups excluding carboxylic acids is 1. The molecule has 0 bridgehead atoms. The average Bonchev–Trinajstić information content (AvgIpc) is 3.22. The molecule has 0 saturated heterocycles. The molecule has 0 aliphatic rings. The highest BCUT2D eigenvalue weighted by Crippen LogP contribution is 2.19. The Bertz CT molecular complexity index is 882. The second-order valence-electron chi connectivity index (χ2n) is 18.2. The van der Waals surface area contributed by atoms with Crippen LogP contribution in [0.5, 0.6) is 0 Å². The van der Waals surface area contributed by atoms with Gasteiger partial charge in [-0.3, -0.25) is 14.4 Å². The minimum Gasteiger partial charge on any atom is -0.481 e. The summed E-state index contributed by atoms with van der Waals surface area (Å²) >= 11 is 0. The Balaban J connectivity index is 0. The Morgan fingerprint density at radius 2 is 0.593 bits per heavy atom. The van der Waals surface area contributed by atoms with Crippen molar-refractivity contribution in [1.82, 2.24) is 0 Å². The van der Waals surface area contributed by atoms with Crippen molar-refractivity contribution < 1.29 is 24.6 Å². The molecule has 0 radical (unpaired) electrons. The molecule has 1 unspecified atom stereocenters. The third-order valence-corrected chi connectivity index (χ3v) is 12.2. The van der Waals surface area contributed by atoms with Crippen LogP contribution in [-0.2, 0) is 14.4 Å². The number of Topliss-reactive ketones (excluding diaryl/α,β-unsaturated/α-hetero) is 1. The highest BCUT2D eigenvalue weighted by molar-refractivity contribution is 5.98. The summed E-state index contributed by atoms with van der Waals surface area (Å²) in [6.45, 7) is 6.80. The standard InChI is InChI=1S/C36H68O3.C18H36O2/c1-3-5-7-9-11-13-15-17-19-21-23-25-27-29-31-33-35(37)34(36(38)39)32-30-28-26-24-22-20-18-16-14-12-10-8-6-4-2;1-2-3-4-5-6-7-8-9-10-11-12-13-14-15-16-17-18(19)20/h17,19,34H,3-16,18,20-33H2,1-2H3,(H,38,39);2-17H2,1H3,(H,19,20)/b19-17-;. The van der Waals surface area contributed by atoms with E-state index in [-0.39, 0.29) is 5.78 Å². The molecule has 0 amide bonds. The van der Waals surface area contributed by atoms with E-state index in [0.29, 0.717) is 19.3 Å². The molecule has 0 spiro atoms. The van der Waals surface area contributed by atoms with Crippen LogP contribution in [0.1, 0.15) is 310 Å². The first-order valence-electron chi connectivity index (χ1n) is 26.5. The molecular weight excluding hydrogens is 729 g/mol. The van der Waals surface area contributed by atoms with Gasteiger partial charge in [0.25, 0.3) is 0 Å². The maximum absolute atomic E-state index is 12.5. The van der Waals surface area contributed by atoms with Gasteiger partial charge in [-0.2, -0.15) is 0 Å². The van der Waals surface area contributed by atoms with E-state index in [1.807, 2.05) is 0 Å². The first-order valence-corrected chi connectivity index (χ1v) is 26.5. The van der Waals surface area contributed by atoms with Crippen LogP contribution >= 0.6 is 0 Å². The van der Waals surface area contributed by atoms with Gasteiger partial charge in [0.15, 0.2) is 0 Å². The van der Waals surface area contributed by atoms with Crippen molar-refractivity contribution in [3.8, 4) is 0 Å². The summed E-state index contributed by atoms with van der Waals surface area (Å²) in [5, 5.41) is 18.1. The Kier molecular flexibility index (Phi) is 52.9. The van der Waals surface area contributed by atoms with Crippen LogP contribution in [0, 0.1) is 5.92 Å². The van der Waals surface area contributed by atoms with Crippen molar-refractivity contribution >= 4 is 17.7 Å². The average molecular weight is 833 g/mol. The van der Waals surface area contributed by atoms with Gasteiger partial charge in [-0.1, -0.05) is 264 Å². The van der Waals surface area contributed by atoms with E-state index in [2.05, 4.69) is 32.9 Å². The van der Waals surface area contributed by atoms with Crippen molar-refractivity contribution in [2.75, 3.05) is 0 Å². The highest BCUT2D eigenvalue weighted by Gasteiger charge is 2.24. The van der Waals surface area contributed by atoms with E-state index in [1.54, 1.807) is 0 Å². The Hall–Kier alpha value is -1.65. The molecule has 0 aromatic carbocycles. The Morgan fingerprint density at radius 1 is 0.339 bits per heavy atom. The summed E-state index contributed by atoms with van der Waals surface area (Å²) in [5.41, 5.74) is 0. The van der Waals surface area contributed by atoms with E-state index >= 15 is 0 Å². The number of rotatable bonds is 48. The largest absolute Gasteiger partial charge is 0.481 e. The monoisotopic (exact) mass is 833 g/mol. The van der Waals surface area contributed by atoms with Gasteiger partial charge >= 0.3 is 11.9 Å². The molecule has 59 heavy (non-hydrogen) atoms. The van der Waals surface area contributed by atoms with Gasteiger partial charge in [0, 0.05) is 12.8 Å². The summed E-state index contributed by atoms with van der Waals surface area (Å²) in [6, 6.07) is 0. The van der Waals surface area contributed by atoms with Gasteiger partial charge in [-0.25, -0.2) is 0 Å². The predicted octanol–water partition coefficient (Wildman–Crippen LogP) is 18.5. The zero-order valence-electron chi connectivity index (χ0n) is 40.2. The molecular formula is C54H104O5. The summed E-state index contributed by atoms with van der Waals surface area (Å²) < 4.78 is 0. The van der Waals surface area contributed by atoms with Crippen molar-refractivity contribution in [1.29, 1.82) is 0 Å². The van der Waals surface area contributed by atoms with Crippen LogP contribution in [0.15, 0.2) is 12.2 Å². The van der Waals surface area contributed by atoms with Crippen LogP contribution in [0.2, 0.25) is 0 Å². The van der Waals surface area contributed by atoms with E-state index in [0.717, 1.165) is 51.4 Å². The zero-order chi connectivity index (χ0) is 43.5. The quantitative estimate of drug-likeness (QED) is 0.0362. The van der Waals surface area contributed by atoms with Crippen molar-refractivity contribution in [3.63, 3.8) is 0 Å². The predicted molar refractivity (Wildman–Crippen MR) is 258 cm³/mol. The summed E-state index contributed by atoms with van der Waals surface area (Å²) in [6.07, 6.45) is 59.9. The van der Waals surface area contributed by atoms with Crippen LogP contribution in [0.3, 0.4) is 0 Å². The smallest absolute Gasteiger partial charge is 0.314 e. The molecule has 0 saturated carbocycles. The second-order valence-corrected chi connectivity index (χ2v) is 18.2. The molecule has 0 aliphatic heterocycles. The molecule has 0 aliphatic carbocycles. The van der Waals surface area contributed by atoms with Crippen molar-refractivity contribution in [2.24, 2.45) is 5.92 Å². The lowest BCUT2D eigenvalue weighted by Gasteiger charge is -2.11. The number of hydrogen-bond acceptors (Lipinski definition) is 3. The molecule has 1 atom stereocenters. The number of carbonyl (C=O) groups is 3. The van der Waals surface area contributed by atoms with Crippen LogP contribution in [-0.4, -0.2) is 27.9 Å². The number of ketones is 1. The number of unbranched alkanes of at least 4 members (excludes halogenated alkanes) is 38. The van der Waals surface area contributed by atoms with Gasteiger partial charge in [0.2, 0.25) is 0 Å². The minimum absolute atomic E-state index is 0.0465. The number of allylic oxidation sites excluding steroid dienone is 2. The van der Waals surface area contributed by atoms with Crippen LogP contribution in [0.4, 0.5) is 0 Å². The van der Waals surface area contributed by atoms with Gasteiger partial charge in [0.05, 0.1) is 0 Å². The Morgan fingerprint density at radius 3 is 0.881 bits per heavy atom.